The SMILES string of the molecule is CCOc1ccccc1NC(=O)OC1CCCN1C(=O)NCc1ccccc1. The quantitative estimate of drug-likeness (QED) is 0.791. The largest absolute Gasteiger partial charge is 0.492 e. The Hall–Kier alpha value is -3.22. The Bertz CT molecular complexity index is 797. The molecule has 0 radical (unpaired) electrons. The third kappa shape index (κ3) is 5.16. The van der Waals surface area contributed by atoms with Crippen molar-refractivity contribution in [1.29, 1.82) is 0 Å². The van der Waals surface area contributed by atoms with E-state index in [0.717, 1.165) is 12.0 Å². The number of anilines is 1. The summed E-state index contributed by atoms with van der Waals surface area (Å²) in [6, 6.07) is 16.6. The molecule has 0 bridgehead atoms. The van der Waals surface area contributed by atoms with E-state index in [4.69, 9.17) is 9.47 Å². The standard InChI is InChI=1S/C21H25N3O4/c1-2-27-18-12-7-6-11-17(18)23-21(26)28-19-13-8-14-24(19)20(25)22-15-16-9-4-3-5-10-16/h3-7,9-12,19H,2,8,13-15H2,1H3,(H,22,25)(H,23,26). The van der Waals surface area contributed by atoms with Gasteiger partial charge in [-0.1, -0.05) is 42.5 Å². The third-order valence-electron chi connectivity index (χ3n) is 4.41. The number of para-hydroxylation sites is 2. The molecule has 0 aromatic heterocycles. The lowest BCUT2D eigenvalue weighted by Gasteiger charge is -2.25. The van der Waals surface area contributed by atoms with E-state index in [0.29, 0.717) is 37.6 Å². The summed E-state index contributed by atoms with van der Waals surface area (Å²) in [6.07, 6.45) is 0.195. The monoisotopic (exact) mass is 383 g/mol. The molecule has 1 atom stereocenters. The van der Waals surface area contributed by atoms with Crippen molar-refractivity contribution in [3.05, 3.63) is 60.2 Å². The van der Waals surface area contributed by atoms with Crippen LogP contribution in [0.25, 0.3) is 0 Å². The summed E-state index contributed by atoms with van der Waals surface area (Å²) in [7, 11) is 0. The summed E-state index contributed by atoms with van der Waals surface area (Å²) in [6.45, 7) is 3.34. The summed E-state index contributed by atoms with van der Waals surface area (Å²) in [5, 5.41) is 5.57. The Kier molecular flexibility index (Phi) is 6.73. The second kappa shape index (κ2) is 9.64. The van der Waals surface area contributed by atoms with E-state index in [9.17, 15) is 9.59 Å². The van der Waals surface area contributed by atoms with Crippen LogP contribution in [-0.4, -0.2) is 36.4 Å². The van der Waals surface area contributed by atoms with Crippen LogP contribution in [0.3, 0.4) is 0 Å². The van der Waals surface area contributed by atoms with Gasteiger partial charge in [0.25, 0.3) is 0 Å². The lowest BCUT2D eigenvalue weighted by atomic mass is 10.2. The van der Waals surface area contributed by atoms with E-state index >= 15 is 0 Å². The van der Waals surface area contributed by atoms with E-state index in [-0.39, 0.29) is 6.03 Å². The number of ether oxygens (including phenoxy) is 2. The van der Waals surface area contributed by atoms with Crippen LogP contribution in [0.4, 0.5) is 15.3 Å². The molecule has 1 heterocycles. The lowest BCUT2D eigenvalue weighted by Crippen LogP contribution is -2.44. The van der Waals surface area contributed by atoms with Gasteiger partial charge in [0.05, 0.1) is 12.3 Å². The van der Waals surface area contributed by atoms with Gasteiger partial charge in [-0.3, -0.25) is 10.2 Å². The van der Waals surface area contributed by atoms with E-state index < -0.39 is 12.3 Å². The summed E-state index contributed by atoms with van der Waals surface area (Å²) < 4.78 is 11.0. The van der Waals surface area contributed by atoms with Gasteiger partial charge in [0.1, 0.15) is 5.75 Å². The second-order valence-electron chi connectivity index (χ2n) is 6.39. The maximum Gasteiger partial charge on any atom is 0.413 e. The van der Waals surface area contributed by atoms with Crippen molar-refractivity contribution in [3.63, 3.8) is 0 Å². The molecule has 7 nitrogen and oxygen atoms in total. The number of nitrogens with zero attached hydrogens (tertiary/aromatic N) is 1. The van der Waals surface area contributed by atoms with Crippen LogP contribution in [0.2, 0.25) is 0 Å². The smallest absolute Gasteiger partial charge is 0.413 e. The molecule has 3 amide bonds. The van der Waals surface area contributed by atoms with Crippen molar-refractivity contribution in [2.75, 3.05) is 18.5 Å². The number of urea groups is 1. The molecule has 2 N–H and O–H groups in total. The Morgan fingerprint density at radius 1 is 1.11 bits per heavy atom. The Balaban J connectivity index is 1.54. The maximum absolute atomic E-state index is 12.5. The number of amides is 3. The van der Waals surface area contributed by atoms with Crippen LogP contribution < -0.4 is 15.4 Å². The molecule has 2 aromatic carbocycles. The van der Waals surface area contributed by atoms with Gasteiger partial charge in [0.2, 0.25) is 0 Å². The molecule has 148 valence electrons. The first-order valence-corrected chi connectivity index (χ1v) is 9.45. The average Bonchev–Trinajstić information content (AvgIpc) is 3.16. The fourth-order valence-corrected chi connectivity index (χ4v) is 3.08. The Morgan fingerprint density at radius 3 is 2.64 bits per heavy atom. The highest BCUT2D eigenvalue weighted by Crippen LogP contribution is 2.25. The topological polar surface area (TPSA) is 79.9 Å². The van der Waals surface area contributed by atoms with Crippen molar-refractivity contribution < 1.29 is 19.1 Å². The number of carbonyl (C=O) groups excluding carboxylic acids is 2. The molecule has 3 rings (SSSR count). The zero-order valence-corrected chi connectivity index (χ0v) is 15.9. The fraction of sp³-hybridized carbons (Fsp3) is 0.333. The summed E-state index contributed by atoms with van der Waals surface area (Å²) >= 11 is 0. The predicted octanol–water partition coefficient (Wildman–Crippen LogP) is 3.97. The molecule has 0 spiro atoms. The average molecular weight is 383 g/mol. The minimum Gasteiger partial charge on any atom is -0.492 e. The van der Waals surface area contributed by atoms with Crippen LogP contribution in [0, 0.1) is 0 Å². The van der Waals surface area contributed by atoms with Crippen LogP contribution in [0.5, 0.6) is 5.75 Å². The molecule has 0 saturated carbocycles. The number of hydrogen-bond donors (Lipinski definition) is 2. The minimum atomic E-state index is -0.611. The Labute approximate surface area is 164 Å². The predicted molar refractivity (Wildman–Crippen MR) is 106 cm³/mol. The highest BCUT2D eigenvalue weighted by molar-refractivity contribution is 5.87. The minimum absolute atomic E-state index is 0.242. The number of nitrogens with one attached hydrogen (secondary N) is 2. The molecular weight excluding hydrogens is 358 g/mol. The summed E-state index contributed by atoms with van der Waals surface area (Å²) in [4.78, 5) is 26.4. The highest BCUT2D eigenvalue weighted by Gasteiger charge is 2.31. The van der Waals surface area contributed by atoms with Crippen molar-refractivity contribution in [3.8, 4) is 5.75 Å². The lowest BCUT2D eigenvalue weighted by molar-refractivity contribution is 0.0401. The van der Waals surface area contributed by atoms with E-state index in [1.165, 1.54) is 0 Å². The molecule has 1 saturated heterocycles. The van der Waals surface area contributed by atoms with Crippen molar-refractivity contribution >= 4 is 17.8 Å². The first-order chi connectivity index (χ1) is 13.7. The molecule has 1 fully saturated rings. The molecule has 1 aliphatic rings. The normalized spacial score (nSPS) is 15.8. The number of likely N-dealkylation sites (tertiary alicyclic amines) is 1. The summed E-state index contributed by atoms with van der Waals surface area (Å²) in [5.74, 6) is 0.575. The van der Waals surface area contributed by atoms with Crippen molar-refractivity contribution in [1.82, 2.24) is 10.2 Å². The highest BCUT2D eigenvalue weighted by atomic mass is 16.6. The van der Waals surface area contributed by atoms with Crippen LogP contribution in [0.1, 0.15) is 25.3 Å². The van der Waals surface area contributed by atoms with E-state index in [1.54, 1.807) is 23.1 Å². The first kappa shape index (κ1) is 19.5. The van der Waals surface area contributed by atoms with Crippen molar-refractivity contribution in [2.45, 2.75) is 32.5 Å². The number of hydrogen-bond acceptors (Lipinski definition) is 4. The zero-order valence-electron chi connectivity index (χ0n) is 15.9. The maximum atomic E-state index is 12.5. The van der Waals surface area contributed by atoms with Gasteiger partial charge in [-0.25, -0.2) is 9.59 Å². The van der Waals surface area contributed by atoms with Gasteiger partial charge in [-0.15, -0.1) is 0 Å². The second-order valence-corrected chi connectivity index (χ2v) is 6.39. The zero-order chi connectivity index (χ0) is 19.8. The van der Waals surface area contributed by atoms with Crippen LogP contribution in [0.15, 0.2) is 54.6 Å². The summed E-state index contributed by atoms with van der Waals surface area (Å²) in [5.41, 5.74) is 1.55. The number of rotatable bonds is 6. The Morgan fingerprint density at radius 2 is 1.86 bits per heavy atom. The van der Waals surface area contributed by atoms with Gasteiger partial charge in [0.15, 0.2) is 6.23 Å². The molecule has 28 heavy (non-hydrogen) atoms. The molecule has 1 aliphatic heterocycles. The van der Waals surface area contributed by atoms with Gasteiger partial charge in [-0.2, -0.15) is 0 Å². The van der Waals surface area contributed by atoms with E-state index in [2.05, 4.69) is 10.6 Å². The molecular formula is C21H25N3O4. The van der Waals surface area contributed by atoms with Gasteiger partial charge < -0.3 is 14.8 Å². The number of carbonyl (C=O) groups is 2. The molecule has 1 unspecified atom stereocenters. The fourth-order valence-electron chi connectivity index (χ4n) is 3.08. The molecule has 7 heteroatoms. The third-order valence-corrected chi connectivity index (χ3v) is 4.41. The van der Waals surface area contributed by atoms with Crippen LogP contribution >= 0.6 is 0 Å². The van der Waals surface area contributed by atoms with Gasteiger partial charge >= 0.3 is 12.1 Å². The van der Waals surface area contributed by atoms with E-state index in [1.807, 2.05) is 43.3 Å². The van der Waals surface area contributed by atoms with Crippen LogP contribution in [-0.2, 0) is 11.3 Å². The van der Waals surface area contributed by atoms with Gasteiger partial charge in [-0.05, 0) is 31.0 Å². The number of benzene rings is 2. The van der Waals surface area contributed by atoms with Gasteiger partial charge in [0, 0.05) is 19.5 Å². The molecule has 0 aliphatic carbocycles. The first-order valence-electron chi connectivity index (χ1n) is 9.45. The van der Waals surface area contributed by atoms with Crippen molar-refractivity contribution in [2.24, 2.45) is 0 Å². The molecule has 2 aromatic rings.